The second kappa shape index (κ2) is 4.23. The Kier molecular flexibility index (Phi) is 3.25. The minimum atomic E-state index is -0.463. The normalized spacial score (nSPS) is 17.7. The second-order valence-electron chi connectivity index (χ2n) is 3.23. The standard InChI is InChI=1S/C8H15N3O2/c1-5(10-6-3-4-6)7(12)11-8(13)9-2/h5-6,10H,3-4H2,1-2H3,(H2,9,11,12,13). The van der Waals surface area contributed by atoms with Crippen LogP contribution in [-0.2, 0) is 4.79 Å². The van der Waals surface area contributed by atoms with Crippen molar-refractivity contribution in [1.29, 1.82) is 0 Å². The maximum Gasteiger partial charge on any atom is 0.321 e. The van der Waals surface area contributed by atoms with E-state index in [4.69, 9.17) is 0 Å². The molecule has 1 aliphatic carbocycles. The predicted molar refractivity (Wildman–Crippen MR) is 48.2 cm³/mol. The van der Waals surface area contributed by atoms with E-state index in [2.05, 4.69) is 16.0 Å². The Balaban J connectivity index is 2.24. The Morgan fingerprint density at radius 2 is 2.00 bits per heavy atom. The predicted octanol–water partition coefficient (Wildman–Crippen LogP) is -0.417. The summed E-state index contributed by atoms with van der Waals surface area (Å²) < 4.78 is 0. The number of carbonyl (C=O) groups is 2. The number of amides is 3. The number of urea groups is 1. The maximum atomic E-state index is 11.2. The fraction of sp³-hybridized carbons (Fsp3) is 0.750. The summed E-state index contributed by atoms with van der Waals surface area (Å²) in [6.07, 6.45) is 2.25. The van der Waals surface area contributed by atoms with E-state index >= 15 is 0 Å². The summed E-state index contributed by atoms with van der Waals surface area (Å²) in [6, 6.07) is -0.301. The average Bonchev–Trinajstić information content (AvgIpc) is 2.87. The van der Waals surface area contributed by atoms with Crippen molar-refractivity contribution in [3.63, 3.8) is 0 Å². The van der Waals surface area contributed by atoms with Crippen LogP contribution in [-0.4, -0.2) is 31.1 Å². The molecule has 0 radical (unpaired) electrons. The lowest BCUT2D eigenvalue weighted by molar-refractivity contribution is -0.121. The molecule has 3 amide bonds. The van der Waals surface area contributed by atoms with Gasteiger partial charge in [0.15, 0.2) is 0 Å². The van der Waals surface area contributed by atoms with Crippen LogP contribution in [0.4, 0.5) is 4.79 Å². The van der Waals surface area contributed by atoms with Gasteiger partial charge in [-0.3, -0.25) is 10.1 Å². The van der Waals surface area contributed by atoms with Gasteiger partial charge in [0.1, 0.15) is 0 Å². The molecular weight excluding hydrogens is 170 g/mol. The zero-order valence-electron chi connectivity index (χ0n) is 7.89. The number of hydrogen-bond donors (Lipinski definition) is 3. The molecule has 5 heteroatoms. The number of imide groups is 1. The van der Waals surface area contributed by atoms with Gasteiger partial charge in [-0.05, 0) is 19.8 Å². The van der Waals surface area contributed by atoms with Gasteiger partial charge in [-0.15, -0.1) is 0 Å². The highest BCUT2D eigenvalue weighted by Gasteiger charge is 2.25. The van der Waals surface area contributed by atoms with Crippen LogP contribution in [0.5, 0.6) is 0 Å². The fourth-order valence-corrected chi connectivity index (χ4v) is 0.962. The Labute approximate surface area is 77.3 Å². The van der Waals surface area contributed by atoms with E-state index < -0.39 is 6.03 Å². The zero-order valence-corrected chi connectivity index (χ0v) is 7.89. The van der Waals surface area contributed by atoms with Gasteiger partial charge in [0.05, 0.1) is 6.04 Å². The lowest BCUT2D eigenvalue weighted by atomic mass is 10.3. The minimum Gasteiger partial charge on any atom is -0.341 e. The van der Waals surface area contributed by atoms with E-state index in [1.54, 1.807) is 6.92 Å². The van der Waals surface area contributed by atoms with Crippen molar-refractivity contribution < 1.29 is 9.59 Å². The summed E-state index contributed by atoms with van der Waals surface area (Å²) in [7, 11) is 1.47. The summed E-state index contributed by atoms with van der Waals surface area (Å²) in [5.41, 5.74) is 0. The topological polar surface area (TPSA) is 70.2 Å². The van der Waals surface area contributed by atoms with Crippen molar-refractivity contribution in [3.8, 4) is 0 Å². The molecule has 0 aromatic rings. The summed E-state index contributed by atoms with van der Waals surface area (Å²) >= 11 is 0. The van der Waals surface area contributed by atoms with Gasteiger partial charge in [0, 0.05) is 13.1 Å². The summed E-state index contributed by atoms with van der Waals surface area (Å²) in [4.78, 5) is 22.0. The van der Waals surface area contributed by atoms with Crippen LogP contribution >= 0.6 is 0 Å². The molecule has 0 saturated heterocycles. The van der Waals surface area contributed by atoms with E-state index in [1.165, 1.54) is 7.05 Å². The van der Waals surface area contributed by atoms with Crippen LogP contribution in [0.25, 0.3) is 0 Å². The molecule has 0 aromatic heterocycles. The number of carbonyl (C=O) groups excluding carboxylic acids is 2. The quantitative estimate of drug-likeness (QED) is 0.559. The number of rotatable bonds is 3. The van der Waals surface area contributed by atoms with Gasteiger partial charge in [-0.1, -0.05) is 0 Å². The van der Waals surface area contributed by atoms with Crippen molar-refractivity contribution in [2.75, 3.05) is 7.05 Å². The van der Waals surface area contributed by atoms with Crippen molar-refractivity contribution in [1.82, 2.24) is 16.0 Å². The molecule has 74 valence electrons. The number of hydrogen-bond acceptors (Lipinski definition) is 3. The van der Waals surface area contributed by atoms with Crippen LogP contribution < -0.4 is 16.0 Å². The van der Waals surface area contributed by atoms with Gasteiger partial charge in [0.2, 0.25) is 5.91 Å². The third-order valence-electron chi connectivity index (χ3n) is 1.92. The zero-order chi connectivity index (χ0) is 9.84. The molecular formula is C8H15N3O2. The molecule has 0 bridgehead atoms. The van der Waals surface area contributed by atoms with Crippen molar-refractivity contribution >= 4 is 11.9 Å². The van der Waals surface area contributed by atoms with Gasteiger partial charge >= 0.3 is 6.03 Å². The van der Waals surface area contributed by atoms with Crippen LogP contribution in [0.3, 0.4) is 0 Å². The Bertz CT molecular complexity index is 213. The molecule has 1 aliphatic rings. The molecule has 0 aromatic carbocycles. The third kappa shape index (κ3) is 3.42. The molecule has 1 unspecified atom stereocenters. The monoisotopic (exact) mass is 185 g/mol. The first kappa shape index (κ1) is 9.98. The van der Waals surface area contributed by atoms with Crippen LogP contribution in [0.1, 0.15) is 19.8 Å². The molecule has 0 aliphatic heterocycles. The van der Waals surface area contributed by atoms with E-state index in [0.29, 0.717) is 6.04 Å². The molecule has 13 heavy (non-hydrogen) atoms. The summed E-state index contributed by atoms with van der Waals surface area (Å²) in [5.74, 6) is -0.286. The highest BCUT2D eigenvalue weighted by Crippen LogP contribution is 2.19. The van der Waals surface area contributed by atoms with Gasteiger partial charge in [-0.25, -0.2) is 4.79 Å². The maximum absolute atomic E-state index is 11.2. The van der Waals surface area contributed by atoms with E-state index in [9.17, 15) is 9.59 Å². The lowest BCUT2D eigenvalue weighted by Crippen LogP contribution is -2.47. The van der Waals surface area contributed by atoms with Gasteiger partial charge in [0.25, 0.3) is 0 Å². The molecule has 0 spiro atoms. The van der Waals surface area contributed by atoms with Crippen LogP contribution in [0, 0.1) is 0 Å². The fourth-order valence-electron chi connectivity index (χ4n) is 0.962. The van der Waals surface area contributed by atoms with E-state index in [1.807, 2.05) is 0 Å². The SMILES string of the molecule is CNC(=O)NC(=O)C(C)NC1CC1. The van der Waals surface area contributed by atoms with Crippen molar-refractivity contribution in [2.45, 2.75) is 31.8 Å². The second-order valence-corrected chi connectivity index (χ2v) is 3.23. The Morgan fingerprint density at radius 1 is 1.38 bits per heavy atom. The third-order valence-corrected chi connectivity index (χ3v) is 1.92. The Hall–Kier alpha value is -1.10. The molecule has 0 heterocycles. The smallest absolute Gasteiger partial charge is 0.321 e. The Morgan fingerprint density at radius 3 is 2.46 bits per heavy atom. The van der Waals surface area contributed by atoms with Gasteiger partial charge < -0.3 is 10.6 Å². The van der Waals surface area contributed by atoms with E-state index in [0.717, 1.165) is 12.8 Å². The van der Waals surface area contributed by atoms with Crippen molar-refractivity contribution in [2.24, 2.45) is 0 Å². The first-order valence-corrected chi connectivity index (χ1v) is 4.42. The van der Waals surface area contributed by atoms with E-state index in [-0.39, 0.29) is 11.9 Å². The van der Waals surface area contributed by atoms with Crippen LogP contribution in [0.2, 0.25) is 0 Å². The van der Waals surface area contributed by atoms with Gasteiger partial charge in [-0.2, -0.15) is 0 Å². The lowest BCUT2D eigenvalue weighted by Gasteiger charge is -2.11. The average molecular weight is 185 g/mol. The molecule has 1 atom stereocenters. The first-order valence-electron chi connectivity index (χ1n) is 4.42. The highest BCUT2D eigenvalue weighted by molar-refractivity contribution is 5.96. The van der Waals surface area contributed by atoms with Crippen molar-refractivity contribution in [3.05, 3.63) is 0 Å². The van der Waals surface area contributed by atoms with Crippen LogP contribution in [0.15, 0.2) is 0 Å². The number of nitrogens with one attached hydrogen (secondary N) is 3. The first-order chi connectivity index (χ1) is 6.13. The molecule has 1 fully saturated rings. The largest absolute Gasteiger partial charge is 0.341 e. The molecule has 1 rings (SSSR count). The highest BCUT2D eigenvalue weighted by atomic mass is 16.2. The molecule has 1 saturated carbocycles. The summed E-state index contributed by atoms with van der Waals surface area (Å²) in [5, 5.41) is 7.62. The minimum absolute atomic E-state index is 0.286. The summed E-state index contributed by atoms with van der Waals surface area (Å²) in [6.45, 7) is 1.75. The molecule has 3 N–H and O–H groups in total. The molecule has 5 nitrogen and oxygen atoms in total.